The molecule has 0 spiro atoms. The minimum atomic E-state index is 0.482. The maximum absolute atomic E-state index is 5.91. The SMILES string of the molecule is CC=CCc1nnc(OCc2ccccc2)c2[nH]c(C)c(C)c12. The van der Waals surface area contributed by atoms with Gasteiger partial charge in [-0.25, -0.2) is 0 Å². The van der Waals surface area contributed by atoms with Crippen LogP contribution in [0.3, 0.4) is 0 Å². The summed E-state index contributed by atoms with van der Waals surface area (Å²) >= 11 is 0. The van der Waals surface area contributed by atoms with E-state index in [1.54, 1.807) is 0 Å². The van der Waals surface area contributed by atoms with Crippen LogP contribution < -0.4 is 4.74 Å². The van der Waals surface area contributed by atoms with E-state index < -0.39 is 0 Å². The van der Waals surface area contributed by atoms with E-state index in [2.05, 4.69) is 35.1 Å². The van der Waals surface area contributed by atoms with E-state index in [4.69, 9.17) is 4.74 Å². The van der Waals surface area contributed by atoms with Gasteiger partial charge in [-0.15, -0.1) is 5.10 Å². The van der Waals surface area contributed by atoms with E-state index >= 15 is 0 Å². The molecule has 2 aromatic heterocycles. The van der Waals surface area contributed by atoms with E-state index in [-0.39, 0.29) is 0 Å². The van der Waals surface area contributed by atoms with Crippen molar-refractivity contribution in [2.45, 2.75) is 33.8 Å². The summed E-state index contributed by atoms with van der Waals surface area (Å²) in [4.78, 5) is 3.40. The Morgan fingerprint density at radius 3 is 2.65 bits per heavy atom. The number of ether oxygens (including phenoxy) is 1. The number of benzene rings is 1. The summed E-state index contributed by atoms with van der Waals surface area (Å²) in [6.07, 6.45) is 4.90. The molecule has 1 aromatic carbocycles. The number of aromatic amines is 1. The summed E-state index contributed by atoms with van der Waals surface area (Å²) < 4.78 is 5.91. The Morgan fingerprint density at radius 2 is 1.91 bits per heavy atom. The number of hydrogen-bond donors (Lipinski definition) is 1. The fourth-order valence-electron chi connectivity index (χ4n) is 2.64. The van der Waals surface area contributed by atoms with Gasteiger partial charge in [0.05, 0.1) is 5.69 Å². The van der Waals surface area contributed by atoms with Gasteiger partial charge in [0.1, 0.15) is 12.1 Å². The number of nitrogens with zero attached hydrogens (tertiary/aromatic N) is 2. The molecule has 0 fully saturated rings. The Bertz CT molecular complexity index is 835. The van der Waals surface area contributed by atoms with Crippen molar-refractivity contribution in [3.05, 3.63) is 65.0 Å². The molecule has 3 aromatic rings. The molecule has 4 nitrogen and oxygen atoms in total. The molecule has 3 rings (SSSR count). The molecule has 0 aliphatic rings. The number of hydrogen-bond acceptors (Lipinski definition) is 3. The minimum Gasteiger partial charge on any atom is -0.470 e. The lowest BCUT2D eigenvalue weighted by molar-refractivity contribution is 0.293. The molecule has 0 aliphatic carbocycles. The van der Waals surface area contributed by atoms with Gasteiger partial charge in [0.25, 0.3) is 5.88 Å². The van der Waals surface area contributed by atoms with Gasteiger partial charge in [0.2, 0.25) is 0 Å². The van der Waals surface area contributed by atoms with Crippen LogP contribution >= 0.6 is 0 Å². The van der Waals surface area contributed by atoms with Crippen LogP contribution in [0.15, 0.2) is 42.5 Å². The molecule has 0 radical (unpaired) electrons. The van der Waals surface area contributed by atoms with Crippen molar-refractivity contribution in [3.63, 3.8) is 0 Å². The lowest BCUT2D eigenvalue weighted by Crippen LogP contribution is -2.01. The summed E-state index contributed by atoms with van der Waals surface area (Å²) in [5.41, 5.74) is 5.36. The van der Waals surface area contributed by atoms with E-state index in [0.717, 1.165) is 34.3 Å². The summed E-state index contributed by atoms with van der Waals surface area (Å²) in [5.74, 6) is 0.560. The van der Waals surface area contributed by atoms with E-state index in [1.165, 1.54) is 5.56 Å². The normalized spacial score (nSPS) is 11.4. The van der Waals surface area contributed by atoms with Gasteiger partial charge in [-0.1, -0.05) is 42.5 Å². The maximum Gasteiger partial charge on any atom is 0.258 e. The minimum absolute atomic E-state index is 0.482. The summed E-state index contributed by atoms with van der Waals surface area (Å²) in [6.45, 7) is 6.67. The number of allylic oxidation sites excluding steroid dienone is 2. The highest BCUT2D eigenvalue weighted by atomic mass is 16.5. The van der Waals surface area contributed by atoms with Gasteiger partial charge in [-0.3, -0.25) is 0 Å². The van der Waals surface area contributed by atoms with Gasteiger partial charge in [0.15, 0.2) is 0 Å². The molecular weight excluding hydrogens is 286 g/mol. The molecule has 1 N–H and O–H groups in total. The Labute approximate surface area is 136 Å². The summed E-state index contributed by atoms with van der Waals surface area (Å²) in [6, 6.07) is 10.1. The van der Waals surface area contributed by atoms with Crippen molar-refractivity contribution in [1.29, 1.82) is 0 Å². The molecule has 4 heteroatoms. The third kappa shape index (κ3) is 3.11. The number of aryl methyl sites for hydroxylation is 2. The van der Waals surface area contributed by atoms with Crippen LogP contribution in [0.5, 0.6) is 5.88 Å². The zero-order valence-corrected chi connectivity index (χ0v) is 13.8. The van der Waals surface area contributed by atoms with Crippen LogP contribution in [-0.2, 0) is 13.0 Å². The van der Waals surface area contributed by atoms with Crippen molar-refractivity contribution in [3.8, 4) is 5.88 Å². The van der Waals surface area contributed by atoms with Gasteiger partial charge in [0, 0.05) is 17.5 Å². The molecule has 118 valence electrons. The summed E-state index contributed by atoms with van der Waals surface area (Å²) in [5, 5.41) is 9.80. The van der Waals surface area contributed by atoms with Gasteiger partial charge in [-0.05, 0) is 31.9 Å². The smallest absolute Gasteiger partial charge is 0.258 e. The molecule has 0 unspecified atom stereocenters. The predicted molar refractivity (Wildman–Crippen MR) is 92.7 cm³/mol. The molecule has 2 heterocycles. The average Bonchev–Trinajstić information content (AvgIpc) is 2.88. The maximum atomic E-state index is 5.91. The first-order chi connectivity index (χ1) is 11.2. The zero-order valence-electron chi connectivity index (χ0n) is 13.8. The van der Waals surface area contributed by atoms with E-state index in [9.17, 15) is 0 Å². The number of aromatic nitrogens is 3. The van der Waals surface area contributed by atoms with Crippen LogP contribution in [0.1, 0.15) is 29.4 Å². The fraction of sp³-hybridized carbons (Fsp3) is 0.263. The number of H-pyrrole nitrogens is 1. The number of rotatable bonds is 5. The molecule has 0 aliphatic heterocycles. The highest BCUT2D eigenvalue weighted by Crippen LogP contribution is 2.30. The number of fused-ring (bicyclic) bond motifs is 1. The first-order valence-corrected chi connectivity index (χ1v) is 7.83. The van der Waals surface area contributed by atoms with Crippen molar-refractivity contribution < 1.29 is 4.74 Å². The Hall–Kier alpha value is -2.62. The molecular formula is C19H21N3O. The van der Waals surface area contributed by atoms with Crippen LogP contribution in [0.4, 0.5) is 0 Å². The lowest BCUT2D eigenvalue weighted by Gasteiger charge is -2.08. The van der Waals surface area contributed by atoms with E-state index in [0.29, 0.717) is 12.5 Å². The first-order valence-electron chi connectivity index (χ1n) is 7.83. The standard InChI is InChI=1S/C19H21N3O/c1-4-5-11-16-17-13(2)14(3)20-18(17)19(22-21-16)23-12-15-9-7-6-8-10-15/h4-10,20H,11-12H2,1-3H3. The second kappa shape index (κ2) is 6.65. The quantitative estimate of drug-likeness (QED) is 0.716. The fourth-order valence-corrected chi connectivity index (χ4v) is 2.64. The Morgan fingerprint density at radius 1 is 1.13 bits per heavy atom. The largest absolute Gasteiger partial charge is 0.470 e. The van der Waals surface area contributed by atoms with Crippen LogP contribution in [0.2, 0.25) is 0 Å². The topological polar surface area (TPSA) is 50.8 Å². The molecule has 0 saturated heterocycles. The van der Waals surface area contributed by atoms with Gasteiger partial charge in [-0.2, -0.15) is 5.10 Å². The average molecular weight is 307 g/mol. The van der Waals surface area contributed by atoms with Crippen molar-refractivity contribution in [2.24, 2.45) is 0 Å². The Kier molecular flexibility index (Phi) is 4.42. The van der Waals surface area contributed by atoms with Crippen molar-refractivity contribution >= 4 is 10.9 Å². The third-order valence-electron chi connectivity index (χ3n) is 4.03. The van der Waals surface area contributed by atoms with Crippen LogP contribution in [-0.4, -0.2) is 15.2 Å². The molecule has 0 saturated carbocycles. The van der Waals surface area contributed by atoms with Crippen LogP contribution in [0, 0.1) is 13.8 Å². The molecule has 0 bridgehead atoms. The van der Waals surface area contributed by atoms with Crippen molar-refractivity contribution in [2.75, 3.05) is 0 Å². The zero-order chi connectivity index (χ0) is 16.2. The van der Waals surface area contributed by atoms with Crippen molar-refractivity contribution in [1.82, 2.24) is 15.2 Å². The van der Waals surface area contributed by atoms with E-state index in [1.807, 2.05) is 43.3 Å². The first kappa shape index (κ1) is 15.3. The highest BCUT2D eigenvalue weighted by molar-refractivity contribution is 5.89. The second-order valence-electron chi connectivity index (χ2n) is 5.62. The molecule has 23 heavy (non-hydrogen) atoms. The second-order valence-corrected chi connectivity index (χ2v) is 5.62. The van der Waals surface area contributed by atoms with Gasteiger partial charge >= 0.3 is 0 Å². The predicted octanol–water partition coefficient (Wildman–Crippen LogP) is 4.27. The molecule has 0 amide bonds. The molecule has 0 atom stereocenters. The third-order valence-corrected chi connectivity index (χ3v) is 4.03. The Balaban J connectivity index is 1.97. The lowest BCUT2D eigenvalue weighted by atomic mass is 10.1. The van der Waals surface area contributed by atoms with Gasteiger partial charge < -0.3 is 9.72 Å². The number of nitrogens with one attached hydrogen (secondary N) is 1. The monoisotopic (exact) mass is 307 g/mol. The van der Waals surface area contributed by atoms with Crippen LogP contribution in [0.25, 0.3) is 10.9 Å². The summed E-state index contributed by atoms with van der Waals surface area (Å²) in [7, 11) is 0. The highest BCUT2D eigenvalue weighted by Gasteiger charge is 2.16.